The number of aromatic hydroxyl groups is 1. The molecule has 1 aliphatic rings. The molecule has 1 aromatic heterocycles. The highest BCUT2D eigenvalue weighted by molar-refractivity contribution is 5.57. The van der Waals surface area contributed by atoms with Crippen LogP contribution in [0, 0.1) is 0 Å². The smallest absolute Gasteiger partial charge is 0.243 e. The molecular formula is C18H26N4O2. The van der Waals surface area contributed by atoms with Gasteiger partial charge in [0.15, 0.2) is 5.82 Å². The van der Waals surface area contributed by atoms with Crippen LogP contribution in [-0.2, 0) is 5.41 Å². The van der Waals surface area contributed by atoms with Crippen LogP contribution in [-0.4, -0.2) is 46.3 Å². The summed E-state index contributed by atoms with van der Waals surface area (Å²) in [5.74, 6) is 1.76. The average Bonchev–Trinajstić information content (AvgIpc) is 3.05. The van der Waals surface area contributed by atoms with Gasteiger partial charge >= 0.3 is 0 Å². The van der Waals surface area contributed by atoms with Gasteiger partial charge < -0.3 is 14.5 Å². The number of aromatic nitrogens is 2. The Balaban J connectivity index is 1.64. The molecule has 0 bridgehead atoms. The zero-order valence-electron chi connectivity index (χ0n) is 14.9. The van der Waals surface area contributed by atoms with E-state index in [-0.39, 0.29) is 11.5 Å². The molecular weight excluding hydrogens is 304 g/mol. The molecule has 1 atom stereocenters. The zero-order valence-corrected chi connectivity index (χ0v) is 14.9. The summed E-state index contributed by atoms with van der Waals surface area (Å²) in [6.45, 7) is 11.9. The second-order valence-electron chi connectivity index (χ2n) is 7.39. The van der Waals surface area contributed by atoms with Gasteiger partial charge in [0, 0.05) is 31.6 Å². The van der Waals surface area contributed by atoms with Gasteiger partial charge in [-0.3, -0.25) is 4.90 Å². The van der Waals surface area contributed by atoms with Crippen molar-refractivity contribution in [2.45, 2.75) is 39.2 Å². The number of hydrogen-bond donors (Lipinski definition) is 1. The van der Waals surface area contributed by atoms with Gasteiger partial charge in [0.1, 0.15) is 5.75 Å². The molecule has 0 aliphatic carbocycles. The Kier molecular flexibility index (Phi) is 4.49. The lowest BCUT2D eigenvalue weighted by molar-refractivity contribution is 0.164. The van der Waals surface area contributed by atoms with Gasteiger partial charge in [-0.1, -0.05) is 38.1 Å². The van der Waals surface area contributed by atoms with Crippen LogP contribution < -0.4 is 4.90 Å². The number of benzene rings is 1. The molecule has 2 heterocycles. The van der Waals surface area contributed by atoms with Gasteiger partial charge in [-0.15, -0.1) is 0 Å². The molecule has 0 spiro atoms. The SMILES string of the molecule is C[C@@H](c1nc(C(C)(C)C)no1)N1CCN(c2ccccc2O)CC1. The first-order valence-electron chi connectivity index (χ1n) is 8.47. The monoisotopic (exact) mass is 330 g/mol. The standard InChI is InChI=1S/C18H26N4O2/c1-13(16-19-17(20-24-16)18(2,3)4)21-9-11-22(12-10-21)14-7-5-6-8-15(14)23/h5-8,13,23H,9-12H2,1-4H3/t13-/m0/s1. The summed E-state index contributed by atoms with van der Waals surface area (Å²) in [5, 5.41) is 14.1. The number of rotatable bonds is 3. The molecule has 0 saturated carbocycles. The fourth-order valence-corrected chi connectivity index (χ4v) is 2.95. The van der Waals surface area contributed by atoms with Crippen molar-refractivity contribution in [3.8, 4) is 5.75 Å². The zero-order chi connectivity index (χ0) is 17.3. The van der Waals surface area contributed by atoms with Crippen molar-refractivity contribution < 1.29 is 9.63 Å². The summed E-state index contributed by atoms with van der Waals surface area (Å²) < 4.78 is 5.48. The predicted octanol–water partition coefficient (Wildman–Crippen LogP) is 2.96. The molecule has 24 heavy (non-hydrogen) atoms. The Morgan fingerprint density at radius 2 is 1.79 bits per heavy atom. The molecule has 0 amide bonds. The van der Waals surface area contributed by atoms with Crippen LogP contribution in [0.5, 0.6) is 5.75 Å². The van der Waals surface area contributed by atoms with Gasteiger partial charge in [0.05, 0.1) is 11.7 Å². The van der Waals surface area contributed by atoms with E-state index in [2.05, 4.69) is 47.6 Å². The molecule has 3 rings (SSSR count). The summed E-state index contributed by atoms with van der Waals surface area (Å²) in [5.41, 5.74) is 0.794. The van der Waals surface area contributed by atoms with Crippen LogP contribution in [0.2, 0.25) is 0 Å². The van der Waals surface area contributed by atoms with Crippen LogP contribution >= 0.6 is 0 Å². The van der Waals surface area contributed by atoms with Crippen LogP contribution in [0.15, 0.2) is 28.8 Å². The van der Waals surface area contributed by atoms with Gasteiger partial charge in [0.25, 0.3) is 0 Å². The first-order valence-corrected chi connectivity index (χ1v) is 8.47. The molecule has 1 fully saturated rings. The molecule has 0 radical (unpaired) electrons. The number of piperazine rings is 1. The van der Waals surface area contributed by atoms with E-state index >= 15 is 0 Å². The van der Waals surface area contributed by atoms with E-state index in [0.717, 1.165) is 37.7 Å². The highest BCUT2D eigenvalue weighted by Crippen LogP contribution is 2.29. The number of phenols is 1. The van der Waals surface area contributed by atoms with Crippen molar-refractivity contribution in [3.63, 3.8) is 0 Å². The molecule has 1 N–H and O–H groups in total. The first kappa shape index (κ1) is 16.8. The number of anilines is 1. The largest absolute Gasteiger partial charge is 0.506 e. The Hall–Kier alpha value is -2.08. The van der Waals surface area contributed by atoms with Crippen LogP contribution in [0.3, 0.4) is 0 Å². The Morgan fingerprint density at radius 3 is 2.38 bits per heavy atom. The predicted molar refractivity (Wildman–Crippen MR) is 93.3 cm³/mol. The number of nitrogens with zero attached hydrogens (tertiary/aromatic N) is 4. The summed E-state index contributed by atoms with van der Waals surface area (Å²) in [7, 11) is 0. The highest BCUT2D eigenvalue weighted by atomic mass is 16.5. The fraction of sp³-hybridized carbons (Fsp3) is 0.556. The Labute approximate surface area is 143 Å². The first-order chi connectivity index (χ1) is 11.4. The maximum absolute atomic E-state index is 10.0. The number of hydrogen-bond acceptors (Lipinski definition) is 6. The minimum Gasteiger partial charge on any atom is -0.506 e. The Bertz CT molecular complexity index is 684. The van der Waals surface area contributed by atoms with E-state index in [9.17, 15) is 5.11 Å². The van der Waals surface area contributed by atoms with Gasteiger partial charge in [0.2, 0.25) is 5.89 Å². The highest BCUT2D eigenvalue weighted by Gasteiger charge is 2.28. The lowest BCUT2D eigenvalue weighted by Gasteiger charge is -2.38. The Morgan fingerprint density at radius 1 is 1.12 bits per heavy atom. The molecule has 6 heteroatoms. The third-order valence-corrected chi connectivity index (χ3v) is 4.55. The van der Waals surface area contributed by atoms with Crippen molar-refractivity contribution in [2.75, 3.05) is 31.1 Å². The molecule has 1 aliphatic heterocycles. The number of para-hydroxylation sites is 2. The van der Waals surface area contributed by atoms with Crippen molar-refractivity contribution in [1.82, 2.24) is 15.0 Å². The van der Waals surface area contributed by atoms with E-state index in [4.69, 9.17) is 4.52 Å². The summed E-state index contributed by atoms with van der Waals surface area (Å²) in [6.07, 6.45) is 0. The van der Waals surface area contributed by atoms with Crippen LogP contribution in [0.25, 0.3) is 0 Å². The maximum atomic E-state index is 10.0. The normalized spacial score (nSPS) is 17.9. The van der Waals surface area contributed by atoms with E-state index in [1.54, 1.807) is 6.07 Å². The topological polar surface area (TPSA) is 65.6 Å². The lowest BCUT2D eigenvalue weighted by Crippen LogP contribution is -2.47. The van der Waals surface area contributed by atoms with Crippen molar-refractivity contribution in [1.29, 1.82) is 0 Å². The quantitative estimate of drug-likeness (QED) is 0.933. The minimum atomic E-state index is -0.106. The molecule has 1 aromatic carbocycles. The van der Waals surface area contributed by atoms with Crippen LogP contribution in [0.1, 0.15) is 45.5 Å². The molecule has 1 saturated heterocycles. The summed E-state index contributed by atoms with van der Waals surface area (Å²) in [4.78, 5) is 9.13. The lowest BCUT2D eigenvalue weighted by atomic mass is 9.96. The van der Waals surface area contributed by atoms with E-state index in [1.165, 1.54) is 0 Å². The van der Waals surface area contributed by atoms with E-state index in [1.807, 2.05) is 18.2 Å². The molecule has 0 unspecified atom stereocenters. The third-order valence-electron chi connectivity index (χ3n) is 4.55. The van der Waals surface area contributed by atoms with E-state index < -0.39 is 0 Å². The summed E-state index contributed by atoms with van der Waals surface area (Å²) >= 11 is 0. The van der Waals surface area contributed by atoms with Crippen molar-refractivity contribution in [2.24, 2.45) is 0 Å². The van der Waals surface area contributed by atoms with E-state index in [0.29, 0.717) is 11.6 Å². The number of phenolic OH excluding ortho intramolecular Hbond substituents is 1. The van der Waals surface area contributed by atoms with Crippen molar-refractivity contribution >= 4 is 5.69 Å². The fourth-order valence-electron chi connectivity index (χ4n) is 2.95. The summed E-state index contributed by atoms with van der Waals surface area (Å²) in [6, 6.07) is 7.59. The second-order valence-corrected chi connectivity index (χ2v) is 7.39. The van der Waals surface area contributed by atoms with Crippen LogP contribution in [0.4, 0.5) is 5.69 Å². The van der Waals surface area contributed by atoms with Gasteiger partial charge in [-0.05, 0) is 19.1 Å². The van der Waals surface area contributed by atoms with Crippen molar-refractivity contribution in [3.05, 3.63) is 36.0 Å². The van der Waals surface area contributed by atoms with Gasteiger partial charge in [-0.2, -0.15) is 4.98 Å². The average molecular weight is 330 g/mol. The third kappa shape index (κ3) is 3.38. The molecule has 2 aromatic rings. The molecule has 6 nitrogen and oxygen atoms in total. The molecule has 130 valence electrons. The maximum Gasteiger partial charge on any atom is 0.243 e. The second kappa shape index (κ2) is 6.43. The minimum absolute atomic E-state index is 0.0973. The van der Waals surface area contributed by atoms with Gasteiger partial charge in [-0.25, -0.2) is 0 Å².